The van der Waals surface area contributed by atoms with Crippen LogP contribution >= 0.6 is 23.4 Å². The first kappa shape index (κ1) is 28.3. The Morgan fingerprint density at radius 3 is 2.63 bits per heavy atom. The SMILES string of the molecule is CCOc1cc(/C=C2\SC(=O)N(CC(=O)N3CCc4ccccc4C3)C2=O)cc(Cl)c1OCc1ccccc1C#N. The van der Waals surface area contributed by atoms with Gasteiger partial charge in [0.25, 0.3) is 11.1 Å². The third kappa shape index (κ3) is 6.24. The molecule has 2 aliphatic rings. The maximum Gasteiger partial charge on any atom is 0.294 e. The van der Waals surface area contributed by atoms with Crippen LogP contribution in [0.3, 0.4) is 0 Å². The van der Waals surface area contributed by atoms with E-state index < -0.39 is 11.1 Å². The minimum atomic E-state index is -0.534. The second-order valence-corrected chi connectivity index (χ2v) is 10.8. The van der Waals surface area contributed by atoms with Crippen LogP contribution in [0.5, 0.6) is 11.5 Å². The molecular weight excluding hydrogens is 562 g/mol. The summed E-state index contributed by atoms with van der Waals surface area (Å²) < 4.78 is 11.7. The number of ether oxygens (including phenoxy) is 2. The van der Waals surface area contributed by atoms with Crippen LogP contribution in [-0.2, 0) is 29.2 Å². The highest BCUT2D eigenvalue weighted by molar-refractivity contribution is 8.18. The van der Waals surface area contributed by atoms with Crippen LogP contribution in [0.2, 0.25) is 5.02 Å². The van der Waals surface area contributed by atoms with Crippen molar-refractivity contribution < 1.29 is 23.9 Å². The largest absolute Gasteiger partial charge is 0.490 e. The lowest BCUT2D eigenvalue weighted by Crippen LogP contribution is -2.44. The normalized spacial score (nSPS) is 15.6. The molecule has 3 aromatic rings. The molecule has 41 heavy (non-hydrogen) atoms. The number of halogens is 1. The fraction of sp³-hybridized carbons (Fsp3) is 0.226. The van der Waals surface area contributed by atoms with E-state index in [9.17, 15) is 19.6 Å². The van der Waals surface area contributed by atoms with Crippen LogP contribution in [0, 0.1) is 11.3 Å². The summed E-state index contributed by atoms with van der Waals surface area (Å²) in [5.41, 5.74) is 4.02. The van der Waals surface area contributed by atoms with Gasteiger partial charge in [-0.05, 0) is 66.1 Å². The van der Waals surface area contributed by atoms with E-state index in [0.29, 0.717) is 47.9 Å². The fourth-order valence-corrected chi connectivity index (χ4v) is 5.82. The van der Waals surface area contributed by atoms with Crippen LogP contribution in [0.15, 0.2) is 65.6 Å². The van der Waals surface area contributed by atoms with E-state index in [1.165, 1.54) is 5.56 Å². The van der Waals surface area contributed by atoms with Crippen molar-refractivity contribution in [1.29, 1.82) is 5.26 Å². The molecular formula is C31H26ClN3O5S. The zero-order valence-corrected chi connectivity index (χ0v) is 23.8. The van der Waals surface area contributed by atoms with Crippen LogP contribution in [0.25, 0.3) is 6.08 Å². The standard InChI is InChI=1S/C31H26ClN3O5S/c1-2-39-26-14-20(13-25(32)29(26)40-19-24-10-6-4-8-22(24)16-33)15-27-30(37)35(31(38)41-27)18-28(36)34-12-11-21-7-3-5-9-23(21)17-34/h3-10,13-15H,2,11-12,17-19H2,1H3/b27-15-. The number of hydrogen-bond donors (Lipinski definition) is 0. The lowest BCUT2D eigenvalue weighted by Gasteiger charge is -2.29. The van der Waals surface area contributed by atoms with E-state index in [-0.39, 0.29) is 29.0 Å². The number of carbonyl (C=O) groups excluding carboxylic acids is 3. The Bertz CT molecular complexity index is 1600. The Kier molecular flexibility index (Phi) is 8.62. The third-order valence-corrected chi connectivity index (χ3v) is 7.98. The van der Waals surface area contributed by atoms with E-state index in [0.717, 1.165) is 28.6 Å². The van der Waals surface area contributed by atoms with Gasteiger partial charge in [-0.15, -0.1) is 0 Å². The molecule has 8 nitrogen and oxygen atoms in total. The van der Waals surface area contributed by atoms with Crippen molar-refractivity contribution in [3.05, 3.63) is 98.4 Å². The molecule has 2 heterocycles. The fourth-order valence-electron chi connectivity index (χ4n) is 4.71. The minimum Gasteiger partial charge on any atom is -0.490 e. The van der Waals surface area contributed by atoms with E-state index in [1.54, 1.807) is 41.3 Å². The van der Waals surface area contributed by atoms with Crippen molar-refractivity contribution >= 4 is 46.5 Å². The summed E-state index contributed by atoms with van der Waals surface area (Å²) in [4.78, 5) is 41.7. The number of carbonyl (C=O) groups is 3. The van der Waals surface area contributed by atoms with Crippen molar-refractivity contribution in [2.24, 2.45) is 0 Å². The summed E-state index contributed by atoms with van der Waals surface area (Å²) in [6, 6.07) is 20.5. The van der Waals surface area contributed by atoms with Crippen LogP contribution < -0.4 is 9.47 Å². The molecule has 5 rings (SSSR count). The lowest BCUT2D eigenvalue weighted by atomic mass is 10.00. The van der Waals surface area contributed by atoms with Gasteiger partial charge in [0.15, 0.2) is 11.5 Å². The van der Waals surface area contributed by atoms with Crippen molar-refractivity contribution in [2.45, 2.75) is 26.5 Å². The maximum absolute atomic E-state index is 13.1. The van der Waals surface area contributed by atoms with Crippen molar-refractivity contribution in [1.82, 2.24) is 9.80 Å². The summed E-state index contributed by atoms with van der Waals surface area (Å²) in [6.45, 7) is 2.95. The summed E-state index contributed by atoms with van der Waals surface area (Å²) in [5.74, 6) is -0.141. The van der Waals surface area contributed by atoms with Gasteiger partial charge in [0, 0.05) is 18.7 Å². The van der Waals surface area contributed by atoms with E-state index in [2.05, 4.69) is 6.07 Å². The van der Waals surface area contributed by atoms with E-state index >= 15 is 0 Å². The molecule has 0 aromatic heterocycles. The molecule has 2 aliphatic heterocycles. The number of imide groups is 1. The smallest absolute Gasteiger partial charge is 0.294 e. The van der Waals surface area contributed by atoms with Crippen molar-refractivity contribution in [3.63, 3.8) is 0 Å². The average molecular weight is 588 g/mol. The lowest BCUT2D eigenvalue weighted by molar-refractivity contribution is -0.136. The Labute approximate surface area is 247 Å². The molecule has 0 atom stereocenters. The zero-order valence-electron chi connectivity index (χ0n) is 22.3. The van der Waals surface area contributed by atoms with Crippen LogP contribution in [0.4, 0.5) is 4.79 Å². The summed E-state index contributed by atoms with van der Waals surface area (Å²) in [5, 5.41) is 9.10. The zero-order chi connectivity index (χ0) is 28.9. The predicted octanol–water partition coefficient (Wildman–Crippen LogP) is 5.81. The number of rotatable bonds is 8. The molecule has 0 N–H and O–H groups in total. The molecule has 3 amide bonds. The third-order valence-electron chi connectivity index (χ3n) is 6.79. The monoisotopic (exact) mass is 587 g/mol. The maximum atomic E-state index is 13.1. The molecule has 0 saturated carbocycles. The number of nitriles is 1. The first-order valence-corrected chi connectivity index (χ1v) is 14.2. The first-order valence-electron chi connectivity index (χ1n) is 13.0. The van der Waals surface area contributed by atoms with Gasteiger partial charge in [-0.3, -0.25) is 19.3 Å². The number of hydrogen-bond acceptors (Lipinski definition) is 7. The number of thioether (sulfide) groups is 1. The first-order chi connectivity index (χ1) is 19.9. The van der Waals surface area contributed by atoms with Crippen LogP contribution in [-0.4, -0.2) is 46.5 Å². The van der Waals surface area contributed by atoms with Gasteiger partial charge < -0.3 is 14.4 Å². The minimum absolute atomic E-state index is 0.110. The van der Waals surface area contributed by atoms with E-state index in [1.807, 2.05) is 37.3 Å². The molecule has 0 bridgehead atoms. The molecule has 0 unspecified atom stereocenters. The van der Waals surface area contributed by atoms with Gasteiger partial charge in [0.1, 0.15) is 13.2 Å². The Hall–Kier alpha value is -4.26. The predicted molar refractivity (Wildman–Crippen MR) is 156 cm³/mol. The topological polar surface area (TPSA) is 99.9 Å². The van der Waals surface area contributed by atoms with Gasteiger partial charge >= 0.3 is 0 Å². The number of amides is 3. The second-order valence-electron chi connectivity index (χ2n) is 9.42. The van der Waals surface area contributed by atoms with Gasteiger partial charge in [-0.1, -0.05) is 54.1 Å². The van der Waals surface area contributed by atoms with Gasteiger partial charge in [0.05, 0.1) is 28.2 Å². The highest BCUT2D eigenvalue weighted by Crippen LogP contribution is 2.39. The Morgan fingerprint density at radius 1 is 1.10 bits per heavy atom. The summed E-state index contributed by atoms with van der Waals surface area (Å²) in [6.07, 6.45) is 2.28. The molecule has 3 aromatic carbocycles. The van der Waals surface area contributed by atoms with Gasteiger partial charge in [-0.2, -0.15) is 5.26 Å². The van der Waals surface area contributed by atoms with Gasteiger partial charge in [-0.25, -0.2) is 0 Å². The van der Waals surface area contributed by atoms with Crippen molar-refractivity contribution in [3.8, 4) is 17.6 Å². The molecule has 208 valence electrons. The molecule has 1 fully saturated rings. The summed E-state index contributed by atoms with van der Waals surface area (Å²) >= 11 is 7.34. The highest BCUT2D eigenvalue weighted by Gasteiger charge is 2.37. The average Bonchev–Trinajstić information content (AvgIpc) is 3.23. The Balaban J connectivity index is 1.30. The molecule has 0 radical (unpaired) electrons. The van der Waals surface area contributed by atoms with Crippen LogP contribution in [0.1, 0.15) is 34.7 Å². The molecule has 1 saturated heterocycles. The number of nitrogens with zero attached hydrogens (tertiary/aromatic N) is 3. The molecule has 0 spiro atoms. The molecule has 10 heteroatoms. The summed E-state index contributed by atoms with van der Waals surface area (Å²) in [7, 11) is 0. The number of fused-ring (bicyclic) bond motifs is 1. The van der Waals surface area contributed by atoms with Gasteiger partial charge in [0.2, 0.25) is 5.91 Å². The number of benzene rings is 3. The quantitative estimate of drug-likeness (QED) is 0.307. The Morgan fingerprint density at radius 2 is 1.85 bits per heavy atom. The highest BCUT2D eigenvalue weighted by atomic mass is 35.5. The van der Waals surface area contributed by atoms with E-state index in [4.69, 9.17) is 21.1 Å². The molecule has 0 aliphatic carbocycles. The van der Waals surface area contributed by atoms with Crippen molar-refractivity contribution in [2.75, 3.05) is 19.7 Å². The second kappa shape index (κ2) is 12.5.